The Balaban J connectivity index is 1.51. The zero-order valence-electron chi connectivity index (χ0n) is 22.5. The smallest absolute Gasteiger partial charge is 0.438 e. The van der Waals surface area contributed by atoms with Gasteiger partial charge in [-0.05, 0) is 65.1 Å². The van der Waals surface area contributed by atoms with Crippen LogP contribution in [-0.2, 0) is 19.6 Å². The summed E-state index contributed by atoms with van der Waals surface area (Å²) in [6, 6.07) is 20.1. The van der Waals surface area contributed by atoms with Gasteiger partial charge in [0.2, 0.25) is 0 Å². The fourth-order valence-electron chi connectivity index (χ4n) is 5.04. The van der Waals surface area contributed by atoms with Gasteiger partial charge >= 0.3 is 13.2 Å². The quantitative estimate of drug-likeness (QED) is 0.486. The number of hydrogen-bond donors (Lipinski definition) is 0. The van der Waals surface area contributed by atoms with E-state index in [4.69, 9.17) is 14.0 Å². The summed E-state index contributed by atoms with van der Waals surface area (Å²) in [4.78, 5) is 15.1. The molecule has 2 aromatic carbocycles. The van der Waals surface area contributed by atoms with Crippen LogP contribution < -0.4 is 5.46 Å². The van der Waals surface area contributed by atoms with Crippen LogP contribution in [0.15, 0.2) is 54.6 Å². The number of amides is 1. The predicted octanol–water partition coefficient (Wildman–Crippen LogP) is 5.72. The van der Waals surface area contributed by atoms with Crippen LogP contribution in [0.4, 0.5) is 4.79 Å². The minimum atomic E-state index is -0.825. The Morgan fingerprint density at radius 2 is 1.61 bits per heavy atom. The van der Waals surface area contributed by atoms with Gasteiger partial charge < -0.3 is 18.9 Å². The molecule has 2 heterocycles. The molecule has 190 valence electrons. The Hall–Kier alpha value is -2.82. The van der Waals surface area contributed by atoms with Crippen molar-refractivity contribution in [3.63, 3.8) is 0 Å². The molecule has 1 amide bonds. The Morgan fingerprint density at radius 1 is 1.03 bits per heavy atom. The molecule has 4 rings (SSSR count). The molecule has 2 saturated heterocycles. The highest BCUT2D eigenvalue weighted by atomic mass is 16.7. The second kappa shape index (κ2) is 9.25. The molecular formula is C29H37BN2O4. The van der Waals surface area contributed by atoms with Crippen molar-refractivity contribution in [3.05, 3.63) is 65.7 Å². The summed E-state index contributed by atoms with van der Waals surface area (Å²) in [6.45, 7) is 14.5. The van der Waals surface area contributed by atoms with Crippen LogP contribution >= 0.6 is 0 Å². The van der Waals surface area contributed by atoms with Crippen LogP contribution in [0.5, 0.6) is 0 Å². The van der Waals surface area contributed by atoms with Gasteiger partial charge in [0, 0.05) is 19.4 Å². The Morgan fingerprint density at radius 3 is 2.14 bits per heavy atom. The minimum Gasteiger partial charge on any atom is -0.438 e. The lowest BCUT2D eigenvalue weighted by Crippen LogP contribution is -2.50. The van der Waals surface area contributed by atoms with Crippen LogP contribution in [0, 0.1) is 16.7 Å². The number of rotatable bonds is 6. The largest absolute Gasteiger partial charge is 0.494 e. The fraction of sp³-hybridized carbons (Fsp3) is 0.517. The van der Waals surface area contributed by atoms with Crippen LogP contribution in [0.25, 0.3) is 0 Å². The SMILES string of the molecule is C[C@@H](c1ccc(B2OC(C)(C)C(C)(C)O2)cc1)N1CC[C@](CC(C)(C)C#N)(c2ccccc2)OC1=O. The molecule has 6 nitrogen and oxygen atoms in total. The highest BCUT2D eigenvalue weighted by Crippen LogP contribution is 2.44. The van der Waals surface area contributed by atoms with E-state index in [1.807, 2.05) is 103 Å². The number of nitrogens with zero attached hydrogens (tertiary/aromatic N) is 2. The molecule has 2 aliphatic rings. The molecule has 0 spiro atoms. The van der Waals surface area contributed by atoms with Gasteiger partial charge in [-0.2, -0.15) is 5.26 Å². The van der Waals surface area contributed by atoms with Crippen LogP contribution in [0.2, 0.25) is 0 Å². The number of ether oxygens (including phenoxy) is 1. The zero-order chi connectivity index (χ0) is 26.4. The van der Waals surface area contributed by atoms with Gasteiger partial charge in [0.05, 0.1) is 28.7 Å². The van der Waals surface area contributed by atoms with E-state index in [0.717, 1.165) is 16.6 Å². The van der Waals surface area contributed by atoms with Gasteiger partial charge in [-0.15, -0.1) is 0 Å². The molecule has 0 aromatic heterocycles. The molecule has 2 atom stereocenters. The molecule has 0 aliphatic carbocycles. The van der Waals surface area contributed by atoms with E-state index in [-0.39, 0.29) is 12.1 Å². The zero-order valence-corrected chi connectivity index (χ0v) is 22.5. The standard InChI is InChI=1S/C29H37BN2O4/c1-21(22-13-15-24(16-14-22)30-35-27(4,5)28(6,7)36-30)32-18-17-29(34-25(32)33,19-26(2,3)20-31)23-11-9-8-10-12-23/h8-16,21H,17-19H2,1-7H3/t21-,29-/m0/s1. The number of carbonyl (C=O) groups is 1. The maximum absolute atomic E-state index is 13.4. The van der Waals surface area contributed by atoms with Crippen molar-refractivity contribution < 1.29 is 18.8 Å². The van der Waals surface area contributed by atoms with Gasteiger partial charge in [-0.3, -0.25) is 0 Å². The van der Waals surface area contributed by atoms with E-state index in [9.17, 15) is 10.1 Å². The van der Waals surface area contributed by atoms with Crippen molar-refractivity contribution in [2.45, 2.75) is 84.2 Å². The summed E-state index contributed by atoms with van der Waals surface area (Å²) < 4.78 is 18.5. The summed E-state index contributed by atoms with van der Waals surface area (Å²) in [5.41, 5.74) is 0.644. The third-order valence-corrected chi connectivity index (χ3v) is 8.02. The molecule has 2 aromatic rings. The molecular weight excluding hydrogens is 451 g/mol. The highest BCUT2D eigenvalue weighted by molar-refractivity contribution is 6.62. The maximum Gasteiger partial charge on any atom is 0.494 e. The van der Waals surface area contributed by atoms with Gasteiger partial charge in [0.25, 0.3) is 0 Å². The van der Waals surface area contributed by atoms with Crippen molar-refractivity contribution >= 4 is 18.7 Å². The van der Waals surface area contributed by atoms with E-state index in [2.05, 4.69) is 6.07 Å². The van der Waals surface area contributed by atoms with Gasteiger partial charge in [-0.1, -0.05) is 54.6 Å². The summed E-state index contributed by atoms with van der Waals surface area (Å²) >= 11 is 0. The number of nitriles is 1. The van der Waals surface area contributed by atoms with Crippen LogP contribution in [0.3, 0.4) is 0 Å². The van der Waals surface area contributed by atoms with E-state index in [1.54, 1.807) is 4.90 Å². The second-order valence-electron chi connectivity index (χ2n) is 11.8. The third-order valence-electron chi connectivity index (χ3n) is 8.02. The maximum atomic E-state index is 13.4. The van der Waals surface area contributed by atoms with Gasteiger partial charge in [0.15, 0.2) is 0 Å². The van der Waals surface area contributed by atoms with Crippen molar-refractivity contribution in [1.82, 2.24) is 4.90 Å². The summed E-state index contributed by atoms with van der Waals surface area (Å²) in [6.07, 6.45) is 0.697. The molecule has 7 heteroatoms. The van der Waals surface area contributed by atoms with Crippen molar-refractivity contribution in [1.29, 1.82) is 5.26 Å². The molecule has 2 fully saturated rings. The number of cyclic esters (lactones) is 1. The lowest BCUT2D eigenvalue weighted by Gasteiger charge is -2.45. The average Bonchev–Trinajstić information content (AvgIpc) is 3.06. The first-order valence-corrected chi connectivity index (χ1v) is 12.7. The van der Waals surface area contributed by atoms with Gasteiger partial charge in [-0.25, -0.2) is 4.79 Å². The lowest BCUT2D eigenvalue weighted by molar-refractivity contribution is -0.0770. The summed E-state index contributed by atoms with van der Waals surface area (Å²) in [5, 5.41) is 9.68. The fourth-order valence-corrected chi connectivity index (χ4v) is 5.04. The van der Waals surface area contributed by atoms with Gasteiger partial charge in [0.1, 0.15) is 5.60 Å². The molecule has 36 heavy (non-hydrogen) atoms. The van der Waals surface area contributed by atoms with Crippen molar-refractivity contribution in [2.75, 3.05) is 6.54 Å². The van der Waals surface area contributed by atoms with Crippen molar-refractivity contribution in [3.8, 4) is 6.07 Å². The Kier molecular flexibility index (Phi) is 6.74. The molecule has 0 radical (unpaired) electrons. The highest BCUT2D eigenvalue weighted by Gasteiger charge is 2.52. The topological polar surface area (TPSA) is 71.8 Å². The minimum absolute atomic E-state index is 0.164. The second-order valence-corrected chi connectivity index (χ2v) is 11.8. The van der Waals surface area contributed by atoms with Crippen LogP contribution in [0.1, 0.15) is 78.5 Å². The first-order valence-electron chi connectivity index (χ1n) is 12.7. The van der Waals surface area contributed by atoms with E-state index >= 15 is 0 Å². The van der Waals surface area contributed by atoms with Crippen molar-refractivity contribution in [2.24, 2.45) is 5.41 Å². The third kappa shape index (κ3) is 4.90. The monoisotopic (exact) mass is 488 g/mol. The molecule has 0 bridgehead atoms. The summed E-state index contributed by atoms with van der Waals surface area (Å²) in [5.74, 6) is 0. The number of benzene rings is 2. The molecule has 0 N–H and O–H groups in total. The van der Waals surface area contributed by atoms with E-state index < -0.39 is 29.3 Å². The Labute approximate surface area is 215 Å². The predicted molar refractivity (Wildman–Crippen MR) is 141 cm³/mol. The normalized spacial score (nSPS) is 24.2. The first-order chi connectivity index (χ1) is 16.8. The van der Waals surface area contributed by atoms with E-state index in [1.165, 1.54) is 0 Å². The average molecular weight is 488 g/mol. The molecule has 2 aliphatic heterocycles. The first kappa shape index (κ1) is 26.3. The van der Waals surface area contributed by atoms with E-state index in [0.29, 0.717) is 19.4 Å². The molecule has 0 unspecified atom stereocenters. The number of hydrogen-bond acceptors (Lipinski definition) is 5. The number of carbonyl (C=O) groups excluding carboxylic acids is 1. The summed E-state index contributed by atoms with van der Waals surface area (Å²) in [7, 11) is -0.422. The lowest BCUT2D eigenvalue weighted by atomic mass is 9.75. The Bertz CT molecular complexity index is 1120. The molecule has 0 saturated carbocycles. The van der Waals surface area contributed by atoms with Crippen LogP contribution in [-0.4, -0.2) is 35.9 Å².